The lowest BCUT2D eigenvalue weighted by atomic mass is 9.66. The number of fused-ring (bicyclic) bond motifs is 4. The van der Waals surface area contributed by atoms with E-state index in [0.29, 0.717) is 17.8 Å². The smallest absolute Gasteiger partial charge is 0.335 e. The number of anilines is 2. The molecule has 2 saturated heterocycles. The maximum absolute atomic E-state index is 14.1. The normalized spacial score (nSPS) is 28.4. The van der Waals surface area contributed by atoms with E-state index in [1.165, 1.54) is 24.3 Å². The van der Waals surface area contributed by atoms with Crippen LogP contribution in [0, 0.1) is 21.3 Å². The van der Waals surface area contributed by atoms with Crippen LogP contribution in [-0.2, 0) is 20.7 Å². The van der Waals surface area contributed by atoms with Gasteiger partial charge >= 0.3 is 6.03 Å². The molecular weight excluding hydrogens is 447 g/mol. The summed E-state index contributed by atoms with van der Waals surface area (Å²) in [5.41, 5.74) is -0.746. The Hall–Kier alpha value is -3.86. The summed E-state index contributed by atoms with van der Waals surface area (Å²) in [4.78, 5) is 53.9. The molecule has 2 aromatic carbocycles. The van der Waals surface area contributed by atoms with Crippen molar-refractivity contribution in [1.82, 2.24) is 5.32 Å². The minimum atomic E-state index is -1.80. The highest BCUT2D eigenvalue weighted by molar-refractivity contribution is 6.30. The number of hydrogen-bond acceptors (Lipinski definition) is 7. The van der Waals surface area contributed by atoms with Gasteiger partial charge in [-0.05, 0) is 49.7 Å². The summed E-state index contributed by atoms with van der Waals surface area (Å²) in [7, 11) is 0. The van der Waals surface area contributed by atoms with E-state index in [4.69, 9.17) is 4.74 Å². The van der Waals surface area contributed by atoms with Crippen LogP contribution in [0.25, 0.3) is 0 Å². The highest BCUT2D eigenvalue weighted by Crippen LogP contribution is 2.48. The molecule has 4 amide bonds. The van der Waals surface area contributed by atoms with Crippen LogP contribution in [0.15, 0.2) is 42.5 Å². The Balaban J connectivity index is 1.70. The molecule has 3 heterocycles. The number of ether oxygens (including phenoxy) is 1. The zero-order chi connectivity index (χ0) is 24.4. The molecule has 5 rings (SSSR count). The summed E-state index contributed by atoms with van der Waals surface area (Å²) >= 11 is 0. The van der Waals surface area contributed by atoms with Gasteiger partial charge in [0.15, 0.2) is 5.41 Å². The number of benzene rings is 2. The minimum Gasteiger partial charge on any atom is -0.372 e. The lowest BCUT2D eigenvalue weighted by Gasteiger charge is -2.56. The molecule has 11 heteroatoms. The van der Waals surface area contributed by atoms with Crippen molar-refractivity contribution >= 4 is 34.9 Å². The van der Waals surface area contributed by atoms with E-state index >= 15 is 0 Å². The number of barbiturate groups is 1. The van der Waals surface area contributed by atoms with Gasteiger partial charge in [0, 0.05) is 30.8 Å². The van der Waals surface area contributed by atoms with Gasteiger partial charge in [0.1, 0.15) is 5.82 Å². The van der Waals surface area contributed by atoms with Crippen molar-refractivity contribution in [3.63, 3.8) is 0 Å². The third kappa shape index (κ3) is 3.07. The molecule has 0 aromatic heterocycles. The predicted octanol–water partition coefficient (Wildman–Crippen LogP) is 2.54. The first kappa shape index (κ1) is 22.0. The van der Waals surface area contributed by atoms with E-state index in [1.807, 2.05) is 11.8 Å². The summed E-state index contributed by atoms with van der Waals surface area (Å²) in [5, 5.41) is 13.7. The second-order valence-corrected chi connectivity index (χ2v) is 8.84. The Bertz CT molecular complexity index is 1230. The number of morpholine rings is 1. The number of rotatable bonds is 2. The molecule has 0 aliphatic carbocycles. The van der Waals surface area contributed by atoms with Crippen LogP contribution in [0.5, 0.6) is 0 Å². The van der Waals surface area contributed by atoms with Crippen molar-refractivity contribution in [3.05, 3.63) is 64.0 Å². The third-order valence-corrected chi connectivity index (χ3v) is 6.74. The number of non-ortho nitro benzene ring substituents is 1. The first-order valence-electron chi connectivity index (χ1n) is 10.8. The molecule has 2 aromatic rings. The summed E-state index contributed by atoms with van der Waals surface area (Å²) < 4.78 is 19.5. The molecule has 0 saturated carbocycles. The van der Waals surface area contributed by atoms with E-state index in [0.717, 1.165) is 17.0 Å². The molecular formula is C23H21FN4O6. The van der Waals surface area contributed by atoms with Gasteiger partial charge in [0.05, 0.1) is 28.9 Å². The van der Waals surface area contributed by atoms with Gasteiger partial charge in [-0.3, -0.25) is 25.0 Å². The summed E-state index contributed by atoms with van der Waals surface area (Å²) in [6.45, 7) is 3.95. The van der Waals surface area contributed by atoms with E-state index < -0.39 is 46.1 Å². The largest absolute Gasteiger partial charge is 0.372 e. The second-order valence-electron chi connectivity index (χ2n) is 8.84. The van der Waals surface area contributed by atoms with Crippen LogP contribution in [0.4, 0.5) is 26.2 Å². The van der Waals surface area contributed by atoms with Crippen molar-refractivity contribution in [2.45, 2.75) is 38.5 Å². The number of nitrogens with zero attached hydrogens (tertiary/aromatic N) is 3. The van der Waals surface area contributed by atoms with Crippen LogP contribution in [0.2, 0.25) is 0 Å². The number of nitro groups is 1. The highest BCUT2D eigenvalue weighted by atomic mass is 19.1. The van der Waals surface area contributed by atoms with Crippen molar-refractivity contribution in [2.24, 2.45) is 5.41 Å². The van der Waals surface area contributed by atoms with Gasteiger partial charge < -0.3 is 9.64 Å². The van der Waals surface area contributed by atoms with Crippen LogP contribution in [0.3, 0.4) is 0 Å². The zero-order valence-corrected chi connectivity index (χ0v) is 18.4. The van der Waals surface area contributed by atoms with E-state index in [1.54, 1.807) is 13.0 Å². The summed E-state index contributed by atoms with van der Waals surface area (Å²) in [6, 6.07) is 7.41. The van der Waals surface area contributed by atoms with Gasteiger partial charge in [-0.25, -0.2) is 14.1 Å². The fourth-order valence-electron chi connectivity index (χ4n) is 5.45. The fraction of sp³-hybridized carbons (Fsp3) is 0.348. The Kier molecular flexibility index (Phi) is 4.90. The van der Waals surface area contributed by atoms with Crippen LogP contribution < -0.4 is 15.1 Å². The van der Waals surface area contributed by atoms with Gasteiger partial charge in [-0.1, -0.05) is 0 Å². The van der Waals surface area contributed by atoms with Crippen molar-refractivity contribution in [1.29, 1.82) is 0 Å². The van der Waals surface area contributed by atoms with Crippen molar-refractivity contribution < 1.29 is 28.4 Å². The fourth-order valence-corrected chi connectivity index (χ4v) is 5.45. The van der Waals surface area contributed by atoms with E-state index in [9.17, 15) is 28.9 Å². The Labute approximate surface area is 193 Å². The molecule has 0 radical (unpaired) electrons. The molecule has 3 aliphatic heterocycles. The van der Waals surface area contributed by atoms with Gasteiger partial charge in [-0.2, -0.15) is 0 Å². The maximum Gasteiger partial charge on any atom is 0.335 e. The first-order valence-corrected chi connectivity index (χ1v) is 10.8. The monoisotopic (exact) mass is 468 g/mol. The molecule has 2 fully saturated rings. The average molecular weight is 468 g/mol. The minimum absolute atomic E-state index is 0.102. The Morgan fingerprint density at radius 2 is 1.85 bits per heavy atom. The molecule has 10 nitrogen and oxygen atoms in total. The number of amides is 4. The molecule has 0 unspecified atom stereocenters. The number of nitrogens with one attached hydrogen (secondary N) is 1. The van der Waals surface area contributed by atoms with Gasteiger partial charge in [0.25, 0.3) is 11.6 Å². The summed E-state index contributed by atoms with van der Waals surface area (Å²) in [6.07, 6.45) is -0.978. The molecule has 3 aliphatic rings. The molecule has 176 valence electrons. The number of imide groups is 2. The first-order chi connectivity index (χ1) is 16.1. The van der Waals surface area contributed by atoms with Crippen molar-refractivity contribution in [3.8, 4) is 0 Å². The van der Waals surface area contributed by atoms with Crippen LogP contribution in [0.1, 0.15) is 19.4 Å². The summed E-state index contributed by atoms with van der Waals surface area (Å²) in [5.74, 6) is -2.13. The third-order valence-electron chi connectivity index (χ3n) is 6.74. The van der Waals surface area contributed by atoms with E-state index in [2.05, 4.69) is 5.32 Å². The standard InChI is InChI=1S/C23H21FN4O6/c1-12-11-26-18-8-7-17(28(32)33)9-14(18)10-23(19(26)13(2)34-12)20(29)25-22(31)27(21(23)30)16-5-3-15(24)4-6-16/h3-9,12-13,19H,10-11H2,1-2H3,(H,25,29,31)/t12-,13-,19+,23-/m1/s1. The molecule has 1 N–H and O–H groups in total. The molecule has 34 heavy (non-hydrogen) atoms. The lowest BCUT2D eigenvalue weighted by Crippen LogP contribution is -2.76. The van der Waals surface area contributed by atoms with Gasteiger partial charge in [-0.15, -0.1) is 0 Å². The van der Waals surface area contributed by atoms with Gasteiger partial charge in [0.2, 0.25) is 5.91 Å². The van der Waals surface area contributed by atoms with Crippen molar-refractivity contribution in [2.75, 3.05) is 16.3 Å². The van der Waals surface area contributed by atoms with Crippen LogP contribution >= 0.6 is 0 Å². The number of hydrogen-bond donors (Lipinski definition) is 1. The predicted molar refractivity (Wildman–Crippen MR) is 118 cm³/mol. The average Bonchev–Trinajstić information content (AvgIpc) is 2.78. The Morgan fingerprint density at radius 3 is 2.53 bits per heavy atom. The lowest BCUT2D eigenvalue weighted by molar-refractivity contribution is -0.384. The van der Waals surface area contributed by atoms with E-state index in [-0.39, 0.29) is 23.9 Å². The van der Waals surface area contributed by atoms with Crippen LogP contribution in [-0.4, -0.2) is 47.6 Å². The SMILES string of the molecule is C[C@@H]1CN2c3ccc([N+](=O)[O-])cc3C[C@]3(C(=O)NC(=O)N(c4ccc(F)cc4)C3=O)[C@@H]2[C@@H](C)O1. The number of carbonyl (C=O) groups excluding carboxylic acids is 3. The number of halogens is 1. The number of nitro benzene ring substituents is 1. The zero-order valence-electron chi connectivity index (χ0n) is 18.4. The molecule has 0 bridgehead atoms. The second kappa shape index (κ2) is 7.59. The highest BCUT2D eigenvalue weighted by Gasteiger charge is 2.65. The number of carbonyl (C=O) groups is 3. The molecule has 4 atom stereocenters. The maximum atomic E-state index is 14.1. The number of urea groups is 1. The quantitative estimate of drug-likeness (QED) is 0.408. The molecule has 1 spiro atoms. The topological polar surface area (TPSA) is 122 Å². The Morgan fingerprint density at radius 1 is 1.15 bits per heavy atom.